The number of nitrogens with zero attached hydrogens (tertiary/aromatic N) is 1. The van der Waals surface area contributed by atoms with Crippen LogP contribution >= 0.6 is 0 Å². The number of aliphatic carboxylic acids is 1. The fourth-order valence-electron chi connectivity index (χ4n) is 3.50. The molecule has 1 aromatic rings. The number of rotatable bonds is 4. The van der Waals surface area contributed by atoms with Crippen molar-refractivity contribution in [1.82, 2.24) is 4.90 Å². The molecule has 0 radical (unpaired) electrons. The van der Waals surface area contributed by atoms with Crippen LogP contribution in [0.3, 0.4) is 0 Å². The number of carbonyl (C=O) groups is 2. The average Bonchev–Trinajstić information content (AvgIpc) is 2.49. The van der Waals surface area contributed by atoms with Crippen LogP contribution in [0.1, 0.15) is 42.9 Å². The molecule has 118 valence electrons. The summed E-state index contributed by atoms with van der Waals surface area (Å²) in [7, 11) is 1.63. The second-order valence-electron chi connectivity index (χ2n) is 6.19. The highest BCUT2D eigenvalue weighted by Crippen LogP contribution is 2.40. The van der Waals surface area contributed by atoms with Gasteiger partial charge < -0.3 is 14.7 Å². The standard InChI is InChI=1S/C17H21NO4/c1-22-17(8-4-9-17)11-14(19)18-10-7-12-5-2-3-6-13(12)15(18)16(20)21/h2-3,5-6,15H,4,7-11H2,1H3,(H,20,21). The molecule has 1 fully saturated rings. The van der Waals surface area contributed by atoms with Gasteiger partial charge in [0.05, 0.1) is 12.0 Å². The Morgan fingerprint density at radius 1 is 1.36 bits per heavy atom. The van der Waals surface area contributed by atoms with Gasteiger partial charge in [0, 0.05) is 13.7 Å². The number of methoxy groups -OCH3 is 1. The van der Waals surface area contributed by atoms with Gasteiger partial charge in [-0.15, -0.1) is 0 Å². The third kappa shape index (κ3) is 2.50. The maximum Gasteiger partial charge on any atom is 0.331 e. The largest absolute Gasteiger partial charge is 0.479 e. The summed E-state index contributed by atoms with van der Waals surface area (Å²) in [4.78, 5) is 25.9. The van der Waals surface area contributed by atoms with Gasteiger partial charge in [0.15, 0.2) is 6.04 Å². The lowest BCUT2D eigenvalue weighted by molar-refractivity contribution is -0.157. The van der Waals surface area contributed by atoms with Gasteiger partial charge in [0.1, 0.15) is 0 Å². The van der Waals surface area contributed by atoms with E-state index in [2.05, 4.69) is 0 Å². The molecule has 1 aliphatic carbocycles. The van der Waals surface area contributed by atoms with Crippen molar-refractivity contribution in [2.45, 2.75) is 43.7 Å². The first-order chi connectivity index (χ1) is 10.6. The van der Waals surface area contributed by atoms with Crippen molar-refractivity contribution >= 4 is 11.9 Å². The van der Waals surface area contributed by atoms with Crippen LogP contribution in [-0.4, -0.2) is 41.1 Å². The zero-order chi connectivity index (χ0) is 15.7. The summed E-state index contributed by atoms with van der Waals surface area (Å²) in [5.41, 5.74) is 1.37. The van der Waals surface area contributed by atoms with E-state index in [9.17, 15) is 14.7 Å². The fourth-order valence-corrected chi connectivity index (χ4v) is 3.50. The van der Waals surface area contributed by atoms with E-state index < -0.39 is 12.0 Å². The van der Waals surface area contributed by atoms with Crippen molar-refractivity contribution in [1.29, 1.82) is 0 Å². The molecule has 0 bridgehead atoms. The van der Waals surface area contributed by atoms with Crippen molar-refractivity contribution in [2.75, 3.05) is 13.7 Å². The van der Waals surface area contributed by atoms with E-state index in [1.165, 1.54) is 4.90 Å². The Labute approximate surface area is 129 Å². The number of carboxylic acid groups (broad SMARTS) is 1. The first kappa shape index (κ1) is 15.0. The zero-order valence-electron chi connectivity index (χ0n) is 12.7. The minimum atomic E-state index is -0.972. The number of carboxylic acids is 1. The summed E-state index contributed by atoms with van der Waals surface area (Å²) < 4.78 is 5.51. The molecular weight excluding hydrogens is 282 g/mol. The van der Waals surface area contributed by atoms with Crippen LogP contribution in [0.5, 0.6) is 0 Å². The maximum absolute atomic E-state index is 12.7. The quantitative estimate of drug-likeness (QED) is 0.925. The molecule has 0 aromatic heterocycles. The zero-order valence-corrected chi connectivity index (χ0v) is 12.7. The number of hydrogen-bond acceptors (Lipinski definition) is 3. The molecule has 1 heterocycles. The Morgan fingerprint density at radius 2 is 2.09 bits per heavy atom. The Bertz CT molecular complexity index is 589. The summed E-state index contributed by atoms with van der Waals surface area (Å²) in [5.74, 6) is -1.09. The molecule has 1 aromatic carbocycles. The molecule has 1 atom stereocenters. The third-order valence-corrected chi connectivity index (χ3v) is 5.01. The smallest absolute Gasteiger partial charge is 0.331 e. The topological polar surface area (TPSA) is 66.8 Å². The maximum atomic E-state index is 12.7. The summed E-state index contributed by atoms with van der Waals surface area (Å²) >= 11 is 0. The van der Waals surface area contributed by atoms with E-state index in [0.717, 1.165) is 30.4 Å². The van der Waals surface area contributed by atoms with Crippen LogP contribution in [0.25, 0.3) is 0 Å². The third-order valence-electron chi connectivity index (χ3n) is 5.01. The molecule has 0 spiro atoms. The highest BCUT2D eigenvalue weighted by Gasteiger charge is 2.43. The molecule has 1 unspecified atom stereocenters. The highest BCUT2D eigenvalue weighted by atomic mass is 16.5. The molecule has 1 N–H and O–H groups in total. The Balaban J connectivity index is 1.84. The molecular formula is C17H21NO4. The molecule has 5 heteroatoms. The lowest BCUT2D eigenvalue weighted by atomic mass is 9.77. The summed E-state index contributed by atoms with van der Waals surface area (Å²) in [6, 6.07) is 6.60. The van der Waals surface area contributed by atoms with Crippen LogP contribution in [0.4, 0.5) is 0 Å². The SMILES string of the molecule is COC1(CC(=O)N2CCc3ccccc3C2C(=O)O)CCC1. The second-order valence-corrected chi connectivity index (χ2v) is 6.19. The van der Waals surface area contributed by atoms with Gasteiger partial charge in [-0.2, -0.15) is 0 Å². The van der Waals surface area contributed by atoms with Crippen molar-refractivity contribution in [3.8, 4) is 0 Å². The van der Waals surface area contributed by atoms with Crippen LogP contribution < -0.4 is 0 Å². The summed E-state index contributed by atoms with van der Waals surface area (Å²) in [6.07, 6.45) is 3.78. The molecule has 1 amide bonds. The molecule has 1 aliphatic heterocycles. The van der Waals surface area contributed by atoms with Crippen LogP contribution in [0.15, 0.2) is 24.3 Å². The van der Waals surface area contributed by atoms with E-state index in [1.54, 1.807) is 7.11 Å². The van der Waals surface area contributed by atoms with Crippen LogP contribution in [0.2, 0.25) is 0 Å². The fraction of sp³-hybridized carbons (Fsp3) is 0.529. The second kappa shape index (κ2) is 5.72. The predicted octanol–water partition coefficient (Wildman–Crippen LogP) is 2.16. The molecule has 1 saturated carbocycles. The van der Waals surface area contributed by atoms with Gasteiger partial charge in [-0.25, -0.2) is 4.79 Å². The van der Waals surface area contributed by atoms with Gasteiger partial charge in [-0.3, -0.25) is 4.79 Å². The molecule has 5 nitrogen and oxygen atoms in total. The summed E-state index contributed by atoms with van der Waals surface area (Å²) in [5, 5.41) is 9.61. The van der Waals surface area contributed by atoms with E-state index in [0.29, 0.717) is 13.0 Å². The molecule has 2 aliphatic rings. The van der Waals surface area contributed by atoms with Crippen LogP contribution in [-0.2, 0) is 20.7 Å². The normalized spacial score (nSPS) is 22.6. The predicted molar refractivity (Wildman–Crippen MR) is 80.4 cm³/mol. The van der Waals surface area contributed by atoms with E-state index >= 15 is 0 Å². The van der Waals surface area contributed by atoms with Gasteiger partial charge in [0.25, 0.3) is 0 Å². The Morgan fingerprint density at radius 3 is 2.68 bits per heavy atom. The van der Waals surface area contributed by atoms with Gasteiger partial charge in [0.2, 0.25) is 5.91 Å². The highest BCUT2D eigenvalue weighted by molar-refractivity contribution is 5.86. The minimum absolute atomic E-state index is 0.122. The van der Waals surface area contributed by atoms with Gasteiger partial charge >= 0.3 is 5.97 Å². The molecule has 3 rings (SSSR count). The Hall–Kier alpha value is -1.88. The van der Waals surface area contributed by atoms with Crippen molar-refractivity contribution < 1.29 is 19.4 Å². The molecule has 22 heavy (non-hydrogen) atoms. The minimum Gasteiger partial charge on any atom is -0.479 e. The number of ether oxygens (including phenoxy) is 1. The van der Waals surface area contributed by atoms with Crippen molar-refractivity contribution in [2.24, 2.45) is 0 Å². The number of fused-ring (bicyclic) bond motifs is 1. The first-order valence-electron chi connectivity index (χ1n) is 7.71. The lowest BCUT2D eigenvalue weighted by Crippen LogP contribution is -2.49. The van der Waals surface area contributed by atoms with Crippen LogP contribution in [0, 0.1) is 0 Å². The van der Waals surface area contributed by atoms with Crippen molar-refractivity contribution in [3.05, 3.63) is 35.4 Å². The lowest BCUT2D eigenvalue weighted by Gasteiger charge is -2.42. The van der Waals surface area contributed by atoms with E-state index in [-0.39, 0.29) is 17.9 Å². The van der Waals surface area contributed by atoms with E-state index in [1.807, 2.05) is 24.3 Å². The monoisotopic (exact) mass is 303 g/mol. The number of amides is 1. The first-order valence-corrected chi connectivity index (χ1v) is 7.71. The molecule has 0 saturated heterocycles. The summed E-state index contributed by atoms with van der Waals surface area (Å²) in [6.45, 7) is 0.451. The van der Waals surface area contributed by atoms with E-state index in [4.69, 9.17) is 4.74 Å². The number of benzene rings is 1. The van der Waals surface area contributed by atoms with Crippen molar-refractivity contribution in [3.63, 3.8) is 0 Å². The number of carbonyl (C=O) groups excluding carboxylic acids is 1. The average molecular weight is 303 g/mol. The Kier molecular flexibility index (Phi) is 3.91. The number of hydrogen-bond donors (Lipinski definition) is 1. The van der Waals surface area contributed by atoms with Gasteiger partial charge in [-0.05, 0) is 36.8 Å². The van der Waals surface area contributed by atoms with Gasteiger partial charge in [-0.1, -0.05) is 24.3 Å².